The number of hydrogen-bond acceptors (Lipinski definition) is 7. The molecule has 11 heteroatoms. The first kappa shape index (κ1) is 27.1. The highest BCUT2D eigenvalue weighted by atomic mass is 19.1. The summed E-state index contributed by atoms with van der Waals surface area (Å²) in [6.45, 7) is 5.62. The predicted molar refractivity (Wildman–Crippen MR) is 158 cm³/mol. The van der Waals surface area contributed by atoms with Gasteiger partial charge in [0, 0.05) is 49.9 Å². The van der Waals surface area contributed by atoms with Gasteiger partial charge in [0.1, 0.15) is 23.1 Å². The Balaban J connectivity index is 1.06. The van der Waals surface area contributed by atoms with Gasteiger partial charge < -0.3 is 23.9 Å². The van der Waals surface area contributed by atoms with Gasteiger partial charge in [0.2, 0.25) is 0 Å². The predicted octanol–water partition coefficient (Wildman–Crippen LogP) is 4.25. The van der Waals surface area contributed by atoms with Crippen LogP contribution in [0, 0.1) is 17.1 Å². The molecule has 2 fully saturated rings. The number of aromatic nitrogens is 4. The molecule has 10 nitrogen and oxygen atoms in total. The van der Waals surface area contributed by atoms with Crippen molar-refractivity contribution in [3.63, 3.8) is 0 Å². The van der Waals surface area contributed by atoms with Gasteiger partial charge in [0.25, 0.3) is 0 Å². The Hall–Kier alpha value is -4.79. The van der Waals surface area contributed by atoms with Crippen LogP contribution in [0.1, 0.15) is 33.7 Å². The van der Waals surface area contributed by atoms with E-state index in [0.717, 1.165) is 72.9 Å². The van der Waals surface area contributed by atoms with Gasteiger partial charge in [-0.05, 0) is 55.0 Å². The third kappa shape index (κ3) is 5.31. The van der Waals surface area contributed by atoms with E-state index in [2.05, 4.69) is 14.4 Å². The average Bonchev–Trinajstić information content (AvgIpc) is 3.55. The third-order valence-corrected chi connectivity index (χ3v) is 8.43. The minimum Gasteiger partial charge on any atom is -0.478 e. The Bertz CT molecular complexity index is 1880. The van der Waals surface area contributed by atoms with Gasteiger partial charge in [0.05, 0.1) is 54.0 Å². The van der Waals surface area contributed by atoms with E-state index in [1.54, 1.807) is 30.3 Å². The van der Waals surface area contributed by atoms with E-state index in [4.69, 9.17) is 20.0 Å². The standard InChI is InChI=1S/C32H30FN7O3/c33-26-15-21(17-34)1-2-24(26)18-39-9-7-22-4-6-29(36-31(22)39)38-12-10-37(11-13-38)20-30-35-27-5-3-23(32(41)42)16-28(27)40(30)19-25-8-14-43-25/h1-7,9,15-16,25H,8,10-14,18-20H2,(H,41,42)/t25-/m0/s1. The lowest BCUT2D eigenvalue weighted by Gasteiger charge is -2.35. The molecule has 1 atom stereocenters. The van der Waals surface area contributed by atoms with Gasteiger partial charge in [-0.15, -0.1) is 0 Å². The number of carboxylic acids is 1. The zero-order valence-electron chi connectivity index (χ0n) is 23.5. The zero-order valence-corrected chi connectivity index (χ0v) is 23.5. The molecule has 218 valence electrons. The van der Waals surface area contributed by atoms with Gasteiger partial charge in [-0.25, -0.2) is 19.2 Å². The number of carbonyl (C=O) groups is 1. The van der Waals surface area contributed by atoms with Crippen molar-refractivity contribution in [2.24, 2.45) is 0 Å². The number of nitriles is 1. The molecule has 1 N–H and O–H groups in total. The van der Waals surface area contributed by atoms with Gasteiger partial charge in [-0.1, -0.05) is 6.07 Å². The molecule has 5 heterocycles. The van der Waals surface area contributed by atoms with Crippen LogP contribution in [0.25, 0.3) is 22.1 Å². The lowest BCUT2D eigenvalue weighted by atomic mass is 10.1. The van der Waals surface area contributed by atoms with Crippen LogP contribution in [0.4, 0.5) is 10.2 Å². The number of ether oxygens (including phenoxy) is 1. The minimum absolute atomic E-state index is 0.120. The molecule has 2 saturated heterocycles. The normalized spacial score (nSPS) is 17.3. The maximum absolute atomic E-state index is 14.6. The highest BCUT2D eigenvalue weighted by Gasteiger charge is 2.25. The molecule has 2 aliphatic rings. The van der Waals surface area contributed by atoms with E-state index < -0.39 is 11.8 Å². The molecular weight excluding hydrogens is 549 g/mol. The monoisotopic (exact) mass is 579 g/mol. The number of pyridine rings is 1. The highest BCUT2D eigenvalue weighted by Crippen LogP contribution is 2.25. The van der Waals surface area contributed by atoms with Gasteiger partial charge in [-0.3, -0.25) is 4.90 Å². The third-order valence-electron chi connectivity index (χ3n) is 8.43. The number of nitrogens with zero attached hydrogens (tertiary/aromatic N) is 7. The SMILES string of the molecule is N#Cc1ccc(Cn2ccc3ccc(N4CCN(Cc5nc6ccc(C(=O)O)cc6n5C[C@@H]5CCO5)CC4)nc32)c(F)c1. The maximum Gasteiger partial charge on any atom is 0.335 e. The maximum atomic E-state index is 14.6. The molecule has 7 rings (SSSR count). The lowest BCUT2D eigenvalue weighted by Crippen LogP contribution is -2.46. The largest absolute Gasteiger partial charge is 0.478 e. The highest BCUT2D eigenvalue weighted by molar-refractivity contribution is 5.92. The first-order valence-electron chi connectivity index (χ1n) is 14.4. The number of rotatable bonds is 8. The zero-order chi connectivity index (χ0) is 29.5. The Kier molecular flexibility index (Phi) is 7.01. The van der Waals surface area contributed by atoms with Crippen LogP contribution < -0.4 is 4.90 Å². The number of aromatic carboxylic acids is 1. The van der Waals surface area contributed by atoms with Crippen molar-refractivity contribution in [1.82, 2.24) is 24.0 Å². The lowest BCUT2D eigenvalue weighted by molar-refractivity contribution is -0.0592. The fourth-order valence-electron chi connectivity index (χ4n) is 5.88. The molecule has 43 heavy (non-hydrogen) atoms. The number of anilines is 1. The quantitative estimate of drug-likeness (QED) is 0.290. The van der Waals surface area contributed by atoms with Crippen molar-refractivity contribution in [1.29, 1.82) is 5.26 Å². The van der Waals surface area contributed by atoms with E-state index in [1.807, 2.05) is 35.0 Å². The second-order valence-electron chi connectivity index (χ2n) is 11.1. The summed E-state index contributed by atoms with van der Waals surface area (Å²) in [4.78, 5) is 26.1. The van der Waals surface area contributed by atoms with E-state index in [1.165, 1.54) is 6.07 Å². The molecule has 0 bridgehead atoms. The topological polar surface area (TPSA) is 112 Å². The number of hydrogen-bond donors (Lipinski definition) is 1. The molecule has 0 spiro atoms. The van der Waals surface area contributed by atoms with Crippen molar-refractivity contribution in [3.8, 4) is 6.07 Å². The first-order valence-corrected chi connectivity index (χ1v) is 14.4. The number of imidazole rings is 1. The number of benzene rings is 2. The van der Waals surface area contributed by atoms with Crippen LogP contribution in [0.15, 0.2) is 60.8 Å². The Morgan fingerprint density at radius 2 is 1.88 bits per heavy atom. The summed E-state index contributed by atoms with van der Waals surface area (Å²) in [6, 6.07) is 17.7. The fraction of sp³-hybridized carbons (Fsp3) is 0.312. The summed E-state index contributed by atoms with van der Waals surface area (Å²) < 4.78 is 24.3. The smallest absolute Gasteiger partial charge is 0.335 e. The van der Waals surface area contributed by atoms with Crippen LogP contribution in [0.5, 0.6) is 0 Å². The van der Waals surface area contributed by atoms with Crippen LogP contribution in [-0.4, -0.2) is 74.0 Å². The fourth-order valence-corrected chi connectivity index (χ4v) is 5.88. The molecule has 0 aliphatic carbocycles. The van der Waals surface area contributed by atoms with Crippen molar-refractivity contribution in [2.75, 3.05) is 37.7 Å². The van der Waals surface area contributed by atoms with E-state index in [9.17, 15) is 14.3 Å². The Morgan fingerprint density at radius 3 is 2.60 bits per heavy atom. The number of fused-ring (bicyclic) bond motifs is 2. The molecule has 0 amide bonds. The first-order chi connectivity index (χ1) is 20.9. The van der Waals surface area contributed by atoms with Gasteiger partial charge >= 0.3 is 5.97 Å². The summed E-state index contributed by atoms with van der Waals surface area (Å²) in [6.07, 6.45) is 3.02. The van der Waals surface area contributed by atoms with Crippen LogP contribution in [-0.2, 0) is 24.4 Å². The second kappa shape index (κ2) is 11.1. The van der Waals surface area contributed by atoms with Crippen molar-refractivity contribution in [3.05, 3.63) is 89.1 Å². The van der Waals surface area contributed by atoms with Crippen LogP contribution in [0.3, 0.4) is 0 Å². The number of piperazine rings is 1. The number of carboxylic acid groups (broad SMARTS) is 1. The number of halogens is 1. The molecule has 0 unspecified atom stereocenters. The molecular formula is C32H30FN7O3. The summed E-state index contributed by atoms with van der Waals surface area (Å²) in [5.41, 5.74) is 3.46. The van der Waals surface area contributed by atoms with Gasteiger partial charge in [-0.2, -0.15) is 5.26 Å². The summed E-state index contributed by atoms with van der Waals surface area (Å²) in [7, 11) is 0. The molecule has 2 aromatic carbocycles. The molecule has 0 saturated carbocycles. The summed E-state index contributed by atoms with van der Waals surface area (Å²) >= 11 is 0. The Morgan fingerprint density at radius 1 is 1.05 bits per heavy atom. The molecule has 2 aliphatic heterocycles. The average molecular weight is 580 g/mol. The second-order valence-corrected chi connectivity index (χ2v) is 11.1. The molecule has 3 aromatic heterocycles. The Labute approximate surface area is 247 Å². The van der Waals surface area contributed by atoms with Crippen LogP contribution in [0.2, 0.25) is 0 Å². The van der Waals surface area contributed by atoms with Crippen molar-refractivity contribution >= 4 is 33.9 Å². The minimum atomic E-state index is -0.951. The van der Waals surface area contributed by atoms with Crippen molar-refractivity contribution < 1.29 is 19.0 Å². The van der Waals surface area contributed by atoms with E-state index in [0.29, 0.717) is 30.8 Å². The van der Waals surface area contributed by atoms with Crippen LogP contribution >= 0.6 is 0 Å². The van der Waals surface area contributed by atoms with Crippen molar-refractivity contribution in [2.45, 2.75) is 32.2 Å². The van der Waals surface area contributed by atoms with Gasteiger partial charge in [0.15, 0.2) is 0 Å². The van der Waals surface area contributed by atoms with E-state index >= 15 is 0 Å². The summed E-state index contributed by atoms with van der Waals surface area (Å²) in [5.74, 6) is 0.439. The van der Waals surface area contributed by atoms with E-state index in [-0.39, 0.29) is 11.7 Å². The molecule has 5 aromatic rings. The molecule has 0 radical (unpaired) electrons. The summed E-state index contributed by atoms with van der Waals surface area (Å²) in [5, 5.41) is 19.5.